The van der Waals surface area contributed by atoms with Crippen molar-refractivity contribution >= 4 is 26.4 Å². The van der Waals surface area contributed by atoms with Crippen LogP contribution in [0.4, 0.5) is 4.79 Å². The van der Waals surface area contributed by atoms with Crippen LogP contribution >= 0.6 is 0 Å². The summed E-state index contributed by atoms with van der Waals surface area (Å²) in [5, 5.41) is 16.7. The maximum atomic E-state index is 8.33. The lowest BCUT2D eigenvalue weighted by atomic mass is 10.4. The van der Waals surface area contributed by atoms with Gasteiger partial charge >= 0.3 is 20.3 Å². The third kappa shape index (κ3) is 122. The summed E-state index contributed by atoms with van der Waals surface area (Å²) in [5.74, 6) is 0. The van der Waals surface area contributed by atoms with Crippen LogP contribution in [0.1, 0.15) is 26.7 Å². The summed E-state index contributed by atoms with van der Waals surface area (Å²) >= 11 is 0. The predicted octanol–water partition coefficient (Wildman–Crippen LogP) is -1.24. The maximum absolute atomic E-state index is 8.33. The van der Waals surface area contributed by atoms with E-state index in [1.165, 1.54) is 25.9 Å². The highest BCUT2D eigenvalue weighted by molar-refractivity contribution is 5.85. The van der Waals surface area contributed by atoms with Crippen LogP contribution in [0.25, 0.3) is 0 Å². The number of rotatable bonds is 4. The molecule has 0 amide bonds. The molecule has 0 N–H and O–H groups in total. The minimum absolute atomic E-state index is 1.09. The second-order valence-corrected chi connectivity index (χ2v) is 6.28. The first kappa shape index (κ1) is 33.0. The molecule has 0 rings (SSSR count). The molecule has 0 atom stereocenters. The van der Waals surface area contributed by atoms with Gasteiger partial charge in [0.2, 0.25) is 0 Å². The zero-order valence-corrected chi connectivity index (χ0v) is 17.3. The number of quaternary nitrogens is 2. The van der Waals surface area contributed by atoms with Crippen LogP contribution in [0.15, 0.2) is 0 Å². The second kappa shape index (κ2) is 22.5. The second-order valence-electron chi connectivity index (χ2n) is 6.28. The highest BCUT2D eigenvalue weighted by atomic mass is 28.1. The Hall–Kier alpha value is -0.776. The number of carbonyl (C=O) groups excluding carboxylic acids is 1. The maximum Gasteiger partial charge on any atom is 0.381 e. The fraction of sp³-hybridized carbons (Fsp3) is 0.923. The SMILES string of the molecule is CCC[N+](C)(C)C.CCC[N+](C)(C)C.O=C([O-])[O-].O=[Si].O=[Si]. The third-order valence-electron chi connectivity index (χ3n) is 1.79. The average molecular weight is 353 g/mol. The van der Waals surface area contributed by atoms with E-state index in [-0.39, 0.29) is 0 Å². The molecule has 0 spiro atoms. The van der Waals surface area contributed by atoms with Gasteiger partial charge in [-0.1, -0.05) is 13.8 Å². The van der Waals surface area contributed by atoms with Gasteiger partial charge in [0.15, 0.2) is 0 Å². The van der Waals surface area contributed by atoms with E-state index < -0.39 is 6.16 Å². The molecule has 0 aromatic carbocycles. The Morgan fingerprint density at radius 2 is 0.864 bits per heavy atom. The van der Waals surface area contributed by atoms with Crippen LogP contribution in [-0.4, -0.2) is 90.8 Å². The zero-order chi connectivity index (χ0) is 19.4. The van der Waals surface area contributed by atoms with Crippen molar-refractivity contribution in [3.05, 3.63) is 0 Å². The van der Waals surface area contributed by atoms with E-state index in [4.69, 9.17) is 23.9 Å². The van der Waals surface area contributed by atoms with Crippen molar-refractivity contribution in [2.75, 3.05) is 55.4 Å². The molecule has 0 aliphatic carbocycles. The van der Waals surface area contributed by atoms with Crippen molar-refractivity contribution in [1.29, 1.82) is 0 Å². The van der Waals surface area contributed by atoms with Gasteiger partial charge in [-0.15, -0.1) is 0 Å². The summed E-state index contributed by atoms with van der Waals surface area (Å²) in [7, 11) is 16.7. The standard InChI is InChI=1S/2C6H16N.CH2O3.2OSi/c2*1-5-6-7(2,3)4;2-1(3)4;2*1-2/h2*5-6H2,1-4H3;(H2,2,3,4);;/q2*+1;;;/p-2. The molecule has 0 heterocycles. The fourth-order valence-electron chi connectivity index (χ4n) is 1.34. The van der Waals surface area contributed by atoms with Crippen LogP contribution in [0.2, 0.25) is 0 Å². The summed E-state index contributed by atoms with van der Waals surface area (Å²) in [6, 6.07) is 0. The summed E-state index contributed by atoms with van der Waals surface area (Å²) in [6.07, 6.45) is 0.229. The number of nitrogens with zero attached hydrogens (tertiary/aromatic N) is 2. The van der Waals surface area contributed by atoms with Gasteiger partial charge in [0, 0.05) is 0 Å². The molecule has 0 saturated carbocycles. The van der Waals surface area contributed by atoms with E-state index in [9.17, 15) is 0 Å². The Labute approximate surface area is 142 Å². The van der Waals surface area contributed by atoms with Crippen molar-refractivity contribution in [3.8, 4) is 0 Å². The van der Waals surface area contributed by atoms with Crippen molar-refractivity contribution in [2.24, 2.45) is 0 Å². The Kier molecular flexibility index (Phi) is 33.7. The number of hydrogen-bond acceptors (Lipinski definition) is 5. The number of carboxylic acid groups (broad SMARTS) is 2. The van der Waals surface area contributed by atoms with Gasteiger partial charge in [-0.2, -0.15) is 0 Å². The topological polar surface area (TPSA) is 97.3 Å². The van der Waals surface area contributed by atoms with Crippen molar-refractivity contribution < 1.29 is 32.9 Å². The lowest BCUT2D eigenvalue weighted by Crippen LogP contribution is -2.37. The first-order valence-electron chi connectivity index (χ1n) is 6.75. The summed E-state index contributed by atoms with van der Waals surface area (Å²) < 4.78 is 18.3. The Balaban J connectivity index is -0.0000000604. The van der Waals surface area contributed by atoms with Gasteiger partial charge in [0.25, 0.3) is 0 Å². The third-order valence-corrected chi connectivity index (χ3v) is 1.79. The molecular weight excluding hydrogens is 320 g/mol. The highest BCUT2D eigenvalue weighted by Crippen LogP contribution is 1.90. The van der Waals surface area contributed by atoms with Gasteiger partial charge < -0.3 is 32.9 Å². The molecule has 7 nitrogen and oxygen atoms in total. The summed E-state index contributed by atoms with van der Waals surface area (Å²) in [4.78, 5) is 8.33. The average Bonchev–Trinajstić information content (AvgIpc) is 2.31. The molecule has 132 valence electrons. The lowest BCUT2D eigenvalue weighted by molar-refractivity contribution is -0.870. The molecule has 9 heteroatoms. The smallest absolute Gasteiger partial charge is 0.381 e. The van der Waals surface area contributed by atoms with E-state index in [1.807, 2.05) is 0 Å². The lowest BCUT2D eigenvalue weighted by Gasteiger charge is -2.22. The molecular formula is C13H32N2O5Si2. The van der Waals surface area contributed by atoms with Gasteiger partial charge in [-0.3, -0.25) is 0 Å². The van der Waals surface area contributed by atoms with Crippen molar-refractivity contribution in [1.82, 2.24) is 0 Å². The van der Waals surface area contributed by atoms with E-state index in [1.54, 1.807) is 20.3 Å². The molecule has 0 fully saturated rings. The van der Waals surface area contributed by atoms with Crippen molar-refractivity contribution in [3.63, 3.8) is 0 Å². The summed E-state index contributed by atoms with van der Waals surface area (Å²) in [6.45, 7) is 6.98. The predicted molar refractivity (Wildman–Crippen MR) is 84.7 cm³/mol. The van der Waals surface area contributed by atoms with Crippen LogP contribution in [0, 0.1) is 0 Å². The van der Waals surface area contributed by atoms with Gasteiger partial charge in [0.1, 0.15) is 0 Å². The molecule has 0 aliphatic rings. The molecule has 0 bridgehead atoms. The molecule has 0 aliphatic heterocycles. The quantitative estimate of drug-likeness (QED) is 0.466. The van der Waals surface area contributed by atoms with E-state index >= 15 is 0 Å². The van der Waals surface area contributed by atoms with Crippen LogP contribution in [0.5, 0.6) is 0 Å². The Morgan fingerprint density at radius 3 is 0.864 bits per heavy atom. The molecule has 4 radical (unpaired) electrons. The molecule has 0 unspecified atom stereocenters. The van der Waals surface area contributed by atoms with Crippen molar-refractivity contribution in [2.45, 2.75) is 26.7 Å². The van der Waals surface area contributed by atoms with E-state index in [2.05, 4.69) is 56.1 Å². The highest BCUT2D eigenvalue weighted by Gasteiger charge is 2.01. The summed E-state index contributed by atoms with van der Waals surface area (Å²) in [5.41, 5.74) is 0. The minimum Gasteiger partial charge on any atom is -0.652 e. The van der Waals surface area contributed by atoms with E-state index in [0.29, 0.717) is 0 Å². The van der Waals surface area contributed by atoms with Crippen LogP contribution in [0.3, 0.4) is 0 Å². The van der Waals surface area contributed by atoms with Gasteiger partial charge in [0.05, 0.1) is 55.4 Å². The monoisotopic (exact) mass is 352 g/mol. The van der Waals surface area contributed by atoms with Gasteiger partial charge in [-0.05, 0) is 19.0 Å². The molecule has 0 aromatic rings. The van der Waals surface area contributed by atoms with Crippen LogP contribution in [-0.2, 0) is 8.92 Å². The van der Waals surface area contributed by atoms with E-state index in [0.717, 1.165) is 8.97 Å². The minimum atomic E-state index is -2.33. The molecule has 22 heavy (non-hydrogen) atoms. The first-order chi connectivity index (χ1) is 9.85. The Morgan fingerprint density at radius 1 is 0.727 bits per heavy atom. The van der Waals surface area contributed by atoms with Crippen LogP contribution < -0.4 is 10.2 Å². The number of hydrogen-bond donors (Lipinski definition) is 0. The molecule has 0 saturated heterocycles. The fourth-order valence-corrected chi connectivity index (χ4v) is 1.34. The molecule has 0 aromatic heterocycles. The number of carbonyl (C=O) groups is 1. The largest absolute Gasteiger partial charge is 0.652 e. The Bertz CT molecular complexity index is 209. The normalized spacial score (nSPS) is 9.09. The van der Waals surface area contributed by atoms with Gasteiger partial charge in [-0.25, -0.2) is 0 Å². The zero-order valence-electron chi connectivity index (χ0n) is 15.3. The first-order valence-corrected chi connectivity index (χ1v) is 7.57.